The van der Waals surface area contributed by atoms with Crippen molar-refractivity contribution in [1.29, 1.82) is 0 Å². The van der Waals surface area contributed by atoms with Crippen LogP contribution in [-0.2, 0) is 14.3 Å². The van der Waals surface area contributed by atoms with Crippen LogP contribution < -0.4 is 4.74 Å². The molecule has 0 aliphatic carbocycles. The Morgan fingerprint density at radius 3 is 2.66 bits per heavy atom. The van der Waals surface area contributed by atoms with Crippen molar-refractivity contribution in [3.63, 3.8) is 0 Å². The Bertz CT molecular complexity index is 993. The van der Waals surface area contributed by atoms with E-state index in [0.29, 0.717) is 13.2 Å². The molecule has 1 atom stereocenters. The summed E-state index contributed by atoms with van der Waals surface area (Å²) in [5.41, 5.74) is 1.16. The van der Waals surface area contributed by atoms with E-state index in [1.807, 2.05) is 12.1 Å². The fraction of sp³-hybridized carbons (Fsp3) is 0.320. The van der Waals surface area contributed by atoms with Gasteiger partial charge in [0.05, 0.1) is 6.61 Å². The van der Waals surface area contributed by atoms with E-state index in [9.17, 15) is 4.79 Å². The van der Waals surface area contributed by atoms with Gasteiger partial charge in [0.25, 0.3) is 0 Å². The summed E-state index contributed by atoms with van der Waals surface area (Å²) < 4.78 is 17.4. The Kier molecular flexibility index (Phi) is 7.25. The van der Waals surface area contributed by atoms with Crippen LogP contribution >= 0.6 is 0 Å². The molecule has 0 heterocycles. The molecule has 4 heteroatoms. The summed E-state index contributed by atoms with van der Waals surface area (Å²) in [4.78, 5) is 11.7. The van der Waals surface area contributed by atoms with Crippen molar-refractivity contribution in [2.75, 3.05) is 19.8 Å². The third kappa shape index (κ3) is 5.36. The molecule has 0 aliphatic rings. The van der Waals surface area contributed by atoms with Gasteiger partial charge in [0.15, 0.2) is 6.10 Å². The second-order valence-electron chi connectivity index (χ2n) is 7.15. The Labute approximate surface area is 172 Å². The van der Waals surface area contributed by atoms with Gasteiger partial charge in [-0.25, -0.2) is 4.79 Å². The first kappa shape index (κ1) is 20.9. The monoisotopic (exact) mass is 392 g/mol. The number of benzene rings is 3. The number of rotatable bonds is 10. The average molecular weight is 392 g/mol. The Hall–Kier alpha value is -2.85. The molecule has 1 unspecified atom stereocenters. The van der Waals surface area contributed by atoms with Crippen LogP contribution in [0.25, 0.3) is 21.5 Å². The van der Waals surface area contributed by atoms with E-state index in [2.05, 4.69) is 56.8 Å². The molecule has 0 saturated carbocycles. The molecule has 0 amide bonds. The van der Waals surface area contributed by atoms with Crippen LogP contribution in [0.15, 0.2) is 61.2 Å². The van der Waals surface area contributed by atoms with E-state index in [-0.39, 0.29) is 6.61 Å². The highest BCUT2D eigenvalue weighted by Crippen LogP contribution is 2.35. The molecule has 0 aromatic heterocycles. The van der Waals surface area contributed by atoms with Gasteiger partial charge >= 0.3 is 5.97 Å². The molecule has 4 nitrogen and oxygen atoms in total. The van der Waals surface area contributed by atoms with Gasteiger partial charge in [-0.05, 0) is 36.2 Å². The minimum absolute atomic E-state index is 0.211. The molecule has 0 N–H and O–H groups in total. The maximum Gasteiger partial charge on any atom is 0.330 e. The van der Waals surface area contributed by atoms with Crippen molar-refractivity contribution < 1.29 is 19.0 Å². The zero-order chi connectivity index (χ0) is 20.6. The second kappa shape index (κ2) is 10.1. The minimum atomic E-state index is -0.504. The number of aryl methyl sites for hydroxylation is 1. The molecule has 3 aromatic rings. The van der Waals surface area contributed by atoms with Crippen molar-refractivity contribution in [2.45, 2.75) is 32.8 Å². The molecular weight excluding hydrogens is 364 g/mol. The van der Waals surface area contributed by atoms with Gasteiger partial charge in [-0.3, -0.25) is 0 Å². The first-order valence-corrected chi connectivity index (χ1v) is 10.1. The third-order valence-corrected chi connectivity index (χ3v) is 4.78. The smallest absolute Gasteiger partial charge is 0.330 e. The van der Waals surface area contributed by atoms with Crippen LogP contribution in [0.3, 0.4) is 0 Å². The highest BCUT2D eigenvalue weighted by atomic mass is 16.6. The first-order valence-electron chi connectivity index (χ1n) is 10.1. The number of unbranched alkanes of at least 4 members (excludes halogenated alkanes) is 1. The molecule has 0 radical (unpaired) electrons. The largest absolute Gasteiger partial charge is 0.488 e. The summed E-state index contributed by atoms with van der Waals surface area (Å²) in [6, 6.07) is 16.6. The SMILES string of the molecule is C=CC(=O)OC(COCCCC)COc1c2ccccc2cc2ccc(C)cc12. The minimum Gasteiger partial charge on any atom is -0.488 e. The summed E-state index contributed by atoms with van der Waals surface area (Å²) in [6.07, 6.45) is 2.68. The lowest BCUT2D eigenvalue weighted by atomic mass is 10.0. The van der Waals surface area contributed by atoms with Crippen LogP contribution in [0.1, 0.15) is 25.3 Å². The van der Waals surface area contributed by atoms with Crippen LogP contribution in [-0.4, -0.2) is 31.9 Å². The van der Waals surface area contributed by atoms with Gasteiger partial charge in [-0.2, -0.15) is 0 Å². The molecule has 3 aromatic carbocycles. The van der Waals surface area contributed by atoms with E-state index in [0.717, 1.165) is 51.8 Å². The van der Waals surface area contributed by atoms with Crippen LogP contribution in [0.4, 0.5) is 0 Å². The quantitative estimate of drug-likeness (QED) is 0.195. The maximum atomic E-state index is 11.7. The summed E-state index contributed by atoms with van der Waals surface area (Å²) >= 11 is 0. The molecule has 0 spiro atoms. The van der Waals surface area contributed by atoms with Crippen molar-refractivity contribution >= 4 is 27.5 Å². The molecule has 0 fully saturated rings. The van der Waals surface area contributed by atoms with Crippen molar-refractivity contribution in [3.8, 4) is 5.75 Å². The standard InChI is InChI=1S/C25H28O4/c1-4-6-13-27-16-21(29-24(26)5-2)17-28-25-22-10-8-7-9-19(22)15-20-12-11-18(3)14-23(20)25/h5,7-12,14-15,21H,2,4,6,13,16-17H2,1,3H3. The Balaban J connectivity index is 1.87. The maximum absolute atomic E-state index is 11.7. The van der Waals surface area contributed by atoms with E-state index >= 15 is 0 Å². The molecule has 29 heavy (non-hydrogen) atoms. The van der Waals surface area contributed by atoms with E-state index < -0.39 is 12.1 Å². The van der Waals surface area contributed by atoms with Gasteiger partial charge in [0.2, 0.25) is 0 Å². The first-order chi connectivity index (χ1) is 14.1. The lowest BCUT2D eigenvalue weighted by Gasteiger charge is -2.20. The topological polar surface area (TPSA) is 44.8 Å². The number of hydrogen-bond acceptors (Lipinski definition) is 4. The third-order valence-electron chi connectivity index (χ3n) is 4.78. The van der Waals surface area contributed by atoms with Crippen LogP contribution in [0.5, 0.6) is 5.75 Å². The van der Waals surface area contributed by atoms with Crippen LogP contribution in [0, 0.1) is 6.92 Å². The molecule has 0 saturated heterocycles. The van der Waals surface area contributed by atoms with Crippen molar-refractivity contribution in [2.24, 2.45) is 0 Å². The van der Waals surface area contributed by atoms with Gasteiger partial charge in [-0.15, -0.1) is 0 Å². The van der Waals surface area contributed by atoms with E-state index in [4.69, 9.17) is 14.2 Å². The number of ether oxygens (including phenoxy) is 3. The lowest BCUT2D eigenvalue weighted by Crippen LogP contribution is -2.29. The summed E-state index contributed by atoms with van der Waals surface area (Å²) in [5, 5.41) is 4.30. The second-order valence-corrected chi connectivity index (χ2v) is 7.15. The Morgan fingerprint density at radius 2 is 1.86 bits per heavy atom. The van der Waals surface area contributed by atoms with Crippen LogP contribution in [0.2, 0.25) is 0 Å². The highest BCUT2D eigenvalue weighted by Gasteiger charge is 2.17. The van der Waals surface area contributed by atoms with Gasteiger partial charge in [0.1, 0.15) is 12.4 Å². The normalized spacial score (nSPS) is 12.1. The zero-order valence-electron chi connectivity index (χ0n) is 17.1. The van der Waals surface area contributed by atoms with Gasteiger partial charge < -0.3 is 14.2 Å². The highest BCUT2D eigenvalue weighted by molar-refractivity contribution is 6.05. The van der Waals surface area contributed by atoms with Crippen molar-refractivity contribution in [1.82, 2.24) is 0 Å². The number of hydrogen-bond donors (Lipinski definition) is 0. The number of fused-ring (bicyclic) bond motifs is 2. The fourth-order valence-electron chi connectivity index (χ4n) is 3.26. The summed E-state index contributed by atoms with van der Waals surface area (Å²) in [5.74, 6) is 0.325. The van der Waals surface area contributed by atoms with Gasteiger partial charge in [0, 0.05) is 23.5 Å². The van der Waals surface area contributed by atoms with E-state index in [1.54, 1.807) is 0 Å². The predicted molar refractivity (Wildman–Crippen MR) is 117 cm³/mol. The molecule has 0 aliphatic heterocycles. The van der Waals surface area contributed by atoms with Gasteiger partial charge in [-0.1, -0.05) is 61.9 Å². The van der Waals surface area contributed by atoms with Crippen molar-refractivity contribution in [3.05, 3.63) is 66.7 Å². The summed E-state index contributed by atoms with van der Waals surface area (Å²) in [6.45, 7) is 8.79. The predicted octanol–water partition coefficient (Wildman–Crippen LogP) is 5.59. The molecule has 3 rings (SSSR count). The fourth-order valence-corrected chi connectivity index (χ4v) is 3.26. The average Bonchev–Trinajstić information content (AvgIpc) is 2.73. The molecule has 152 valence electrons. The summed E-state index contributed by atoms with van der Waals surface area (Å²) in [7, 11) is 0. The molecule has 0 bridgehead atoms. The Morgan fingerprint density at radius 1 is 1.07 bits per heavy atom. The molecular formula is C25H28O4. The lowest BCUT2D eigenvalue weighted by molar-refractivity contribution is -0.148. The number of carbonyl (C=O) groups excluding carboxylic acids is 1. The van der Waals surface area contributed by atoms with E-state index in [1.165, 1.54) is 0 Å². The number of esters is 1. The number of carbonyl (C=O) groups is 1. The zero-order valence-corrected chi connectivity index (χ0v) is 17.1.